The van der Waals surface area contributed by atoms with Crippen molar-refractivity contribution in [2.75, 3.05) is 13.9 Å². The monoisotopic (exact) mass is 532 g/mol. The van der Waals surface area contributed by atoms with Gasteiger partial charge in [-0.1, -0.05) is 24.3 Å². The molecule has 0 fully saturated rings. The average molecular weight is 533 g/mol. The Hall–Kier alpha value is -4.93. The first-order valence-electron chi connectivity index (χ1n) is 12.2. The smallest absolute Gasteiger partial charge is 0.273 e. The Labute approximate surface area is 222 Å². The maximum Gasteiger partial charge on any atom is 0.273 e. The summed E-state index contributed by atoms with van der Waals surface area (Å²) < 4.78 is 35.6. The third-order valence-corrected chi connectivity index (χ3v) is 6.06. The zero-order chi connectivity index (χ0) is 27.2. The summed E-state index contributed by atoms with van der Waals surface area (Å²) in [4.78, 5) is 27.6. The van der Waals surface area contributed by atoms with E-state index in [0.717, 1.165) is 5.56 Å². The summed E-state index contributed by atoms with van der Waals surface area (Å²) in [5.74, 6) is 1.75. The fourth-order valence-electron chi connectivity index (χ4n) is 3.93. The van der Waals surface area contributed by atoms with Gasteiger partial charge in [0.2, 0.25) is 12.7 Å². The topological polar surface area (TPSA) is 125 Å². The normalized spacial score (nSPS) is 11.7. The van der Waals surface area contributed by atoms with Crippen molar-refractivity contribution >= 4 is 5.91 Å². The Kier molecular flexibility index (Phi) is 7.67. The number of hydrogen-bond donors (Lipinski definition) is 2. The van der Waals surface area contributed by atoms with Gasteiger partial charge in [-0.05, 0) is 42.0 Å². The third-order valence-electron chi connectivity index (χ3n) is 6.06. The Balaban J connectivity index is 1.18. The van der Waals surface area contributed by atoms with Crippen molar-refractivity contribution < 1.29 is 28.1 Å². The molecular formula is C28H25FN4O6. The van der Waals surface area contributed by atoms with E-state index in [4.69, 9.17) is 18.9 Å². The molecule has 1 aromatic heterocycles. The van der Waals surface area contributed by atoms with Gasteiger partial charge in [0.25, 0.3) is 5.56 Å². The highest BCUT2D eigenvalue weighted by atomic mass is 19.1. The minimum atomic E-state index is -0.442. The molecule has 10 nitrogen and oxygen atoms in total. The molecule has 0 spiro atoms. The molecule has 1 aliphatic heterocycles. The van der Waals surface area contributed by atoms with Gasteiger partial charge in [0.05, 0.1) is 7.11 Å². The molecule has 2 heterocycles. The number of halogens is 1. The summed E-state index contributed by atoms with van der Waals surface area (Å²) in [6, 6.07) is 16.8. The van der Waals surface area contributed by atoms with Crippen LogP contribution in [0.3, 0.4) is 0 Å². The number of fused-ring (bicyclic) bond motifs is 1. The van der Waals surface area contributed by atoms with E-state index < -0.39 is 5.56 Å². The lowest BCUT2D eigenvalue weighted by Gasteiger charge is -2.12. The summed E-state index contributed by atoms with van der Waals surface area (Å²) in [6.07, 6.45) is 0.200. The molecule has 0 aliphatic carbocycles. The van der Waals surface area contributed by atoms with Crippen LogP contribution in [-0.2, 0) is 24.4 Å². The molecule has 0 saturated carbocycles. The van der Waals surface area contributed by atoms with Gasteiger partial charge in [0.15, 0.2) is 28.8 Å². The standard InChI is InChI=1S/C28H25FN4O6/c1-36-24-13-18(7-10-22(24)37-15-19-4-2-3-5-20(19)29)27-31-28(35)21(32-33-27)8-11-26(34)30-14-17-6-9-23-25(12-17)39-16-38-23/h2-7,9-10,12-13H,8,11,14-16H2,1H3,(H,30,34)(H,31,33,35). The van der Waals surface area contributed by atoms with E-state index >= 15 is 0 Å². The fraction of sp³-hybridized carbons (Fsp3) is 0.214. The molecule has 200 valence electrons. The van der Waals surface area contributed by atoms with Crippen LogP contribution in [0, 0.1) is 5.82 Å². The van der Waals surface area contributed by atoms with E-state index in [1.807, 2.05) is 12.1 Å². The highest BCUT2D eigenvalue weighted by Gasteiger charge is 2.15. The molecule has 0 saturated heterocycles. The molecular weight excluding hydrogens is 507 g/mol. The van der Waals surface area contributed by atoms with Crippen molar-refractivity contribution in [1.29, 1.82) is 0 Å². The van der Waals surface area contributed by atoms with Crippen LogP contribution in [0.4, 0.5) is 4.39 Å². The van der Waals surface area contributed by atoms with Gasteiger partial charge in [-0.15, -0.1) is 10.2 Å². The van der Waals surface area contributed by atoms with Gasteiger partial charge in [0, 0.05) is 30.5 Å². The predicted molar refractivity (Wildman–Crippen MR) is 138 cm³/mol. The van der Waals surface area contributed by atoms with E-state index in [1.165, 1.54) is 13.2 Å². The lowest BCUT2D eigenvalue weighted by molar-refractivity contribution is -0.121. The minimum Gasteiger partial charge on any atom is -0.493 e. The Morgan fingerprint density at radius 2 is 1.90 bits per heavy atom. The van der Waals surface area contributed by atoms with Crippen molar-refractivity contribution in [2.24, 2.45) is 0 Å². The van der Waals surface area contributed by atoms with Crippen molar-refractivity contribution in [2.45, 2.75) is 26.0 Å². The number of nitrogens with zero attached hydrogens (tertiary/aromatic N) is 2. The SMILES string of the molecule is COc1cc(-c2nnc(CCC(=O)NCc3ccc4c(c3)OCO4)c(=O)[nH]2)ccc1OCc1ccccc1F. The van der Waals surface area contributed by atoms with Crippen LogP contribution in [0.2, 0.25) is 0 Å². The number of aryl methyl sites for hydroxylation is 1. The Morgan fingerprint density at radius 1 is 1.05 bits per heavy atom. The average Bonchev–Trinajstić information content (AvgIpc) is 3.43. The largest absolute Gasteiger partial charge is 0.493 e. The molecule has 3 aromatic carbocycles. The van der Waals surface area contributed by atoms with Gasteiger partial charge in [-0.25, -0.2) is 4.39 Å². The second-order valence-corrected chi connectivity index (χ2v) is 8.66. The maximum absolute atomic E-state index is 13.9. The Morgan fingerprint density at radius 3 is 2.72 bits per heavy atom. The predicted octanol–water partition coefficient (Wildman–Crippen LogP) is 3.54. The molecule has 0 bridgehead atoms. The quantitative estimate of drug-likeness (QED) is 0.318. The summed E-state index contributed by atoms with van der Waals surface area (Å²) in [6.45, 7) is 0.528. The number of rotatable bonds is 10. The van der Waals surface area contributed by atoms with Crippen LogP contribution in [0.5, 0.6) is 23.0 Å². The second-order valence-electron chi connectivity index (χ2n) is 8.66. The van der Waals surface area contributed by atoms with Gasteiger partial charge in [0.1, 0.15) is 18.1 Å². The van der Waals surface area contributed by atoms with Crippen LogP contribution in [0.25, 0.3) is 11.4 Å². The lowest BCUT2D eigenvalue weighted by Crippen LogP contribution is -2.25. The zero-order valence-electron chi connectivity index (χ0n) is 21.0. The van der Waals surface area contributed by atoms with E-state index in [0.29, 0.717) is 40.7 Å². The van der Waals surface area contributed by atoms with E-state index in [2.05, 4.69) is 20.5 Å². The fourth-order valence-corrected chi connectivity index (χ4v) is 3.93. The number of nitrogens with one attached hydrogen (secondary N) is 2. The van der Waals surface area contributed by atoms with Crippen molar-refractivity contribution in [1.82, 2.24) is 20.5 Å². The number of H-pyrrole nitrogens is 1. The maximum atomic E-state index is 13.9. The molecule has 0 radical (unpaired) electrons. The van der Waals surface area contributed by atoms with Crippen LogP contribution < -0.4 is 29.8 Å². The van der Waals surface area contributed by atoms with Gasteiger partial charge in [-0.3, -0.25) is 9.59 Å². The lowest BCUT2D eigenvalue weighted by atomic mass is 10.1. The van der Waals surface area contributed by atoms with E-state index in [9.17, 15) is 14.0 Å². The van der Waals surface area contributed by atoms with Crippen LogP contribution in [0.15, 0.2) is 65.5 Å². The number of carbonyl (C=O) groups excluding carboxylic acids is 1. The summed E-state index contributed by atoms with van der Waals surface area (Å²) in [5.41, 5.74) is 1.53. The van der Waals surface area contributed by atoms with Crippen molar-refractivity contribution in [3.05, 3.63) is 93.7 Å². The molecule has 0 atom stereocenters. The minimum absolute atomic E-state index is 0.0258. The third kappa shape index (κ3) is 6.15. The van der Waals surface area contributed by atoms with Crippen LogP contribution >= 0.6 is 0 Å². The highest BCUT2D eigenvalue weighted by molar-refractivity contribution is 5.76. The number of hydrogen-bond acceptors (Lipinski definition) is 8. The van der Waals surface area contributed by atoms with Crippen molar-refractivity contribution in [3.63, 3.8) is 0 Å². The highest BCUT2D eigenvalue weighted by Crippen LogP contribution is 2.33. The molecule has 1 aliphatic rings. The first-order chi connectivity index (χ1) is 19.0. The molecule has 0 unspecified atom stereocenters. The number of aromatic amines is 1. The molecule has 1 amide bonds. The van der Waals surface area contributed by atoms with Gasteiger partial charge in [-0.2, -0.15) is 0 Å². The number of aromatic nitrogens is 3. The Bertz CT molecular complexity index is 1560. The molecule has 39 heavy (non-hydrogen) atoms. The summed E-state index contributed by atoms with van der Waals surface area (Å²) in [7, 11) is 1.48. The number of ether oxygens (including phenoxy) is 4. The molecule has 11 heteroatoms. The first-order valence-corrected chi connectivity index (χ1v) is 12.2. The number of carbonyl (C=O) groups is 1. The number of benzene rings is 3. The van der Waals surface area contributed by atoms with Crippen LogP contribution in [0.1, 0.15) is 23.2 Å². The molecule has 4 aromatic rings. The zero-order valence-corrected chi connectivity index (χ0v) is 21.0. The van der Waals surface area contributed by atoms with E-state index in [-0.39, 0.29) is 49.5 Å². The van der Waals surface area contributed by atoms with Crippen LogP contribution in [-0.4, -0.2) is 35.0 Å². The second kappa shape index (κ2) is 11.6. The van der Waals surface area contributed by atoms with E-state index in [1.54, 1.807) is 42.5 Å². The molecule has 2 N–H and O–H groups in total. The first kappa shape index (κ1) is 25.7. The number of methoxy groups -OCH3 is 1. The molecule has 5 rings (SSSR count). The van der Waals surface area contributed by atoms with Gasteiger partial charge < -0.3 is 29.2 Å². The summed E-state index contributed by atoms with van der Waals surface area (Å²) >= 11 is 0. The van der Waals surface area contributed by atoms with Crippen molar-refractivity contribution in [3.8, 4) is 34.4 Å². The van der Waals surface area contributed by atoms with Gasteiger partial charge >= 0.3 is 0 Å². The number of amides is 1. The summed E-state index contributed by atoms with van der Waals surface area (Å²) in [5, 5.41) is 11.0.